The molecule has 3 aromatic carbocycles. The zero-order valence-electron chi connectivity index (χ0n) is 20.9. The Morgan fingerprint density at radius 2 is 1.68 bits per heavy atom. The van der Waals surface area contributed by atoms with Crippen LogP contribution in [-0.2, 0) is 20.7 Å². The molecular weight excluding hydrogens is 474 g/mol. The Hall–Kier alpha value is -3.75. The van der Waals surface area contributed by atoms with Gasteiger partial charge in [0.15, 0.2) is 11.2 Å². The number of benzene rings is 3. The lowest BCUT2D eigenvalue weighted by molar-refractivity contribution is -0.167. The smallest absolute Gasteiger partial charge is 0.226 e. The van der Waals surface area contributed by atoms with Crippen LogP contribution >= 0.6 is 0 Å². The summed E-state index contributed by atoms with van der Waals surface area (Å²) in [6, 6.07) is 20.5. The third-order valence-electron chi connectivity index (χ3n) is 7.93. The van der Waals surface area contributed by atoms with E-state index in [-0.39, 0.29) is 12.5 Å². The summed E-state index contributed by atoms with van der Waals surface area (Å²) < 4.78 is 29.9. The highest BCUT2D eigenvalue weighted by Gasteiger charge is 2.78. The quantitative estimate of drug-likeness (QED) is 0.553. The van der Waals surface area contributed by atoms with Crippen LogP contribution in [0.15, 0.2) is 66.7 Å². The van der Waals surface area contributed by atoms with E-state index in [1.165, 1.54) is 7.11 Å². The van der Waals surface area contributed by atoms with E-state index in [0.717, 1.165) is 5.56 Å². The maximum absolute atomic E-state index is 13.7. The number of amides is 1. The van der Waals surface area contributed by atoms with E-state index in [1.54, 1.807) is 26.4 Å². The second-order valence-corrected chi connectivity index (χ2v) is 9.53. The van der Waals surface area contributed by atoms with Gasteiger partial charge in [-0.15, -0.1) is 0 Å². The molecule has 0 aromatic heterocycles. The standard InChI is InChI=1S/C29H29NO7/c1-33-19-11-9-18(10-12-19)29-24(17-7-5-4-6-8-17)23-26(36-14-13-30-27(23)31)28(29,32)25-21(35-3)15-20(34-2)16-22(25)37-29/h4-12,15-16,23-24,26,32H,13-14H2,1-3H3,(H,30,31)/t23?,24-,26?,28+,29+/m0/s1. The molecule has 1 aliphatic carbocycles. The topological polar surface area (TPSA) is 95.5 Å². The minimum atomic E-state index is -1.78. The largest absolute Gasteiger partial charge is 0.497 e. The summed E-state index contributed by atoms with van der Waals surface area (Å²) in [6.07, 6.45) is -0.911. The van der Waals surface area contributed by atoms with Crippen molar-refractivity contribution in [2.75, 3.05) is 34.5 Å². The molecule has 0 spiro atoms. The highest BCUT2D eigenvalue weighted by Crippen LogP contribution is 2.71. The van der Waals surface area contributed by atoms with Crippen LogP contribution in [0.3, 0.4) is 0 Å². The average Bonchev–Trinajstić information content (AvgIpc) is 3.22. The zero-order valence-corrected chi connectivity index (χ0v) is 20.9. The Morgan fingerprint density at radius 1 is 0.946 bits per heavy atom. The molecule has 2 fully saturated rings. The molecule has 6 rings (SSSR count). The lowest BCUT2D eigenvalue weighted by atomic mass is 9.70. The van der Waals surface area contributed by atoms with Crippen molar-refractivity contribution in [3.8, 4) is 23.0 Å². The predicted octanol–water partition coefficient (Wildman–Crippen LogP) is 3.12. The molecule has 2 aliphatic heterocycles. The van der Waals surface area contributed by atoms with Gasteiger partial charge in [-0.25, -0.2) is 0 Å². The maximum atomic E-state index is 13.7. The summed E-state index contributed by atoms with van der Waals surface area (Å²) in [4.78, 5) is 13.7. The van der Waals surface area contributed by atoms with Crippen LogP contribution < -0.4 is 24.3 Å². The summed E-state index contributed by atoms with van der Waals surface area (Å²) in [6.45, 7) is 0.607. The van der Waals surface area contributed by atoms with E-state index in [4.69, 9.17) is 23.7 Å². The van der Waals surface area contributed by atoms with Crippen molar-refractivity contribution < 1.29 is 33.6 Å². The van der Waals surface area contributed by atoms with Gasteiger partial charge in [-0.3, -0.25) is 4.79 Å². The third-order valence-corrected chi connectivity index (χ3v) is 7.93. The molecule has 5 atom stereocenters. The molecule has 1 saturated heterocycles. The van der Waals surface area contributed by atoms with Crippen LogP contribution in [0.2, 0.25) is 0 Å². The molecule has 3 aromatic rings. The Morgan fingerprint density at radius 3 is 2.35 bits per heavy atom. The first kappa shape index (κ1) is 23.6. The predicted molar refractivity (Wildman–Crippen MR) is 134 cm³/mol. The molecule has 8 heteroatoms. The van der Waals surface area contributed by atoms with E-state index in [9.17, 15) is 9.90 Å². The van der Waals surface area contributed by atoms with Gasteiger partial charge in [-0.1, -0.05) is 42.5 Å². The second-order valence-electron chi connectivity index (χ2n) is 9.53. The van der Waals surface area contributed by atoms with E-state index >= 15 is 0 Å². The summed E-state index contributed by atoms with van der Waals surface area (Å²) in [7, 11) is 4.70. The summed E-state index contributed by atoms with van der Waals surface area (Å²) in [5.41, 5.74) is -1.22. The summed E-state index contributed by atoms with van der Waals surface area (Å²) in [5, 5.41) is 16.1. The highest BCUT2D eigenvalue weighted by atomic mass is 16.6. The van der Waals surface area contributed by atoms with Gasteiger partial charge in [0, 0.05) is 24.6 Å². The van der Waals surface area contributed by atoms with Gasteiger partial charge in [-0.2, -0.15) is 0 Å². The maximum Gasteiger partial charge on any atom is 0.226 e. The third kappa shape index (κ3) is 3.12. The van der Waals surface area contributed by atoms with Crippen LogP contribution in [0, 0.1) is 5.92 Å². The van der Waals surface area contributed by atoms with Crippen LogP contribution in [0.1, 0.15) is 22.6 Å². The SMILES string of the molecule is COc1ccc([C@]23Oc4cc(OC)cc(OC)c4[C@@]2(O)C2OCCNC(=O)C2[C@@H]3c2ccccc2)cc1. The van der Waals surface area contributed by atoms with Crippen LogP contribution in [-0.4, -0.2) is 51.6 Å². The number of hydrogen-bond acceptors (Lipinski definition) is 7. The first-order valence-corrected chi connectivity index (χ1v) is 12.3. The molecule has 8 nitrogen and oxygen atoms in total. The van der Waals surface area contributed by atoms with E-state index in [0.29, 0.717) is 40.7 Å². The molecule has 1 saturated carbocycles. The second kappa shape index (κ2) is 8.68. The molecule has 3 aliphatic rings. The van der Waals surface area contributed by atoms with Gasteiger partial charge in [-0.05, 0) is 23.3 Å². The fourth-order valence-electron chi connectivity index (χ4n) is 6.47. The minimum Gasteiger partial charge on any atom is -0.497 e. The number of ether oxygens (including phenoxy) is 5. The first-order valence-electron chi connectivity index (χ1n) is 12.3. The van der Waals surface area contributed by atoms with Crippen LogP contribution in [0.5, 0.6) is 23.0 Å². The molecule has 37 heavy (non-hydrogen) atoms. The number of carbonyl (C=O) groups is 1. The van der Waals surface area contributed by atoms with Gasteiger partial charge >= 0.3 is 0 Å². The zero-order chi connectivity index (χ0) is 25.8. The van der Waals surface area contributed by atoms with Crippen molar-refractivity contribution in [2.24, 2.45) is 5.92 Å². The average molecular weight is 504 g/mol. The fourth-order valence-corrected chi connectivity index (χ4v) is 6.47. The number of nitrogens with one attached hydrogen (secondary N) is 1. The molecular formula is C29H29NO7. The van der Waals surface area contributed by atoms with Gasteiger partial charge in [0.2, 0.25) is 5.91 Å². The number of carbonyl (C=O) groups excluding carboxylic acids is 1. The molecule has 1 amide bonds. The molecule has 2 unspecified atom stereocenters. The number of aliphatic hydroxyl groups is 1. The Balaban J connectivity index is 1.71. The molecule has 0 bridgehead atoms. The number of methoxy groups -OCH3 is 3. The lowest BCUT2D eigenvalue weighted by Crippen LogP contribution is -2.52. The molecule has 192 valence electrons. The van der Waals surface area contributed by atoms with E-state index < -0.39 is 29.1 Å². The highest BCUT2D eigenvalue weighted by molar-refractivity contribution is 5.83. The fraction of sp³-hybridized carbons (Fsp3) is 0.345. The molecule has 2 heterocycles. The number of hydrogen-bond donors (Lipinski definition) is 2. The van der Waals surface area contributed by atoms with E-state index in [1.807, 2.05) is 54.6 Å². The monoisotopic (exact) mass is 503 g/mol. The van der Waals surface area contributed by atoms with Crippen molar-refractivity contribution in [3.05, 3.63) is 83.4 Å². The van der Waals surface area contributed by atoms with Gasteiger partial charge in [0.1, 0.15) is 29.1 Å². The van der Waals surface area contributed by atoms with Gasteiger partial charge in [0.25, 0.3) is 0 Å². The lowest BCUT2D eigenvalue weighted by Gasteiger charge is -2.41. The Labute approximate surface area is 215 Å². The summed E-state index contributed by atoms with van der Waals surface area (Å²) in [5.74, 6) is 0.474. The number of rotatable bonds is 5. The van der Waals surface area contributed by atoms with Crippen LogP contribution in [0.25, 0.3) is 0 Å². The number of fused-ring (bicyclic) bond motifs is 5. The normalized spacial score (nSPS) is 29.7. The van der Waals surface area contributed by atoms with Crippen molar-refractivity contribution in [1.82, 2.24) is 5.32 Å². The van der Waals surface area contributed by atoms with Gasteiger partial charge < -0.3 is 34.1 Å². The van der Waals surface area contributed by atoms with E-state index in [2.05, 4.69) is 5.32 Å². The Kier molecular flexibility index (Phi) is 5.54. The van der Waals surface area contributed by atoms with Crippen molar-refractivity contribution >= 4 is 5.91 Å². The van der Waals surface area contributed by atoms with Crippen LogP contribution in [0.4, 0.5) is 0 Å². The minimum absolute atomic E-state index is 0.190. The molecule has 2 N–H and O–H groups in total. The van der Waals surface area contributed by atoms with Crippen molar-refractivity contribution in [1.29, 1.82) is 0 Å². The van der Waals surface area contributed by atoms with Crippen molar-refractivity contribution in [3.63, 3.8) is 0 Å². The first-order chi connectivity index (χ1) is 18.0. The molecule has 0 radical (unpaired) electrons. The Bertz CT molecular complexity index is 1330. The summed E-state index contributed by atoms with van der Waals surface area (Å²) >= 11 is 0. The van der Waals surface area contributed by atoms with Gasteiger partial charge in [0.05, 0.1) is 39.4 Å². The van der Waals surface area contributed by atoms with Crippen molar-refractivity contribution in [2.45, 2.75) is 23.2 Å².